The van der Waals surface area contributed by atoms with Crippen molar-refractivity contribution in [3.8, 4) is 5.75 Å². The molecule has 1 heterocycles. The molecule has 3 rings (SSSR count). The van der Waals surface area contributed by atoms with Gasteiger partial charge in [0.15, 0.2) is 6.79 Å². The van der Waals surface area contributed by atoms with Crippen LogP contribution in [0.25, 0.3) is 6.08 Å². The first kappa shape index (κ1) is 19.6. The normalized spacial score (nSPS) is 13.7. The first-order valence-electron chi connectivity index (χ1n) is 8.85. The Morgan fingerprint density at radius 1 is 1.21 bits per heavy atom. The molecule has 2 aromatic carbocycles. The van der Waals surface area contributed by atoms with Crippen molar-refractivity contribution in [2.24, 2.45) is 0 Å². The number of nitro groups is 1. The molecule has 7 heteroatoms. The Morgan fingerprint density at radius 3 is 2.57 bits per heavy atom. The van der Waals surface area contributed by atoms with Crippen LogP contribution in [-0.4, -0.2) is 17.6 Å². The van der Waals surface area contributed by atoms with Crippen LogP contribution in [0.2, 0.25) is 0 Å². The molecule has 1 N–H and O–H groups in total. The molecule has 0 aromatic heterocycles. The molecular formula is C21H22N2O5. The second kappa shape index (κ2) is 7.82. The lowest BCUT2D eigenvalue weighted by atomic mass is 9.87. The molecule has 1 amide bonds. The summed E-state index contributed by atoms with van der Waals surface area (Å²) in [6.07, 6.45) is 2.84. The highest BCUT2D eigenvalue weighted by atomic mass is 16.7. The Morgan fingerprint density at radius 2 is 1.93 bits per heavy atom. The van der Waals surface area contributed by atoms with E-state index in [2.05, 4.69) is 26.1 Å². The predicted molar refractivity (Wildman–Crippen MR) is 106 cm³/mol. The van der Waals surface area contributed by atoms with E-state index in [0.29, 0.717) is 22.6 Å². The maximum atomic E-state index is 12.3. The molecule has 0 saturated carbocycles. The van der Waals surface area contributed by atoms with Crippen molar-refractivity contribution >= 4 is 23.4 Å². The SMILES string of the molecule is CC(C)(C)c1ccc(NC(=O)/C=C/c2cc([N+](=O)[O-])cc3c2OCOC3)cc1. The molecule has 0 unspecified atom stereocenters. The van der Waals surface area contributed by atoms with Gasteiger partial charge in [-0.15, -0.1) is 0 Å². The average molecular weight is 382 g/mol. The van der Waals surface area contributed by atoms with E-state index < -0.39 is 4.92 Å². The first-order chi connectivity index (χ1) is 13.2. The van der Waals surface area contributed by atoms with Crippen LogP contribution in [0, 0.1) is 10.1 Å². The maximum absolute atomic E-state index is 12.3. The van der Waals surface area contributed by atoms with Gasteiger partial charge >= 0.3 is 0 Å². The minimum absolute atomic E-state index is 0.0350. The number of nitrogens with zero attached hydrogens (tertiary/aromatic N) is 1. The van der Waals surface area contributed by atoms with Gasteiger partial charge in [0.05, 0.1) is 11.5 Å². The quantitative estimate of drug-likeness (QED) is 0.480. The number of non-ortho nitro benzene ring substituents is 1. The van der Waals surface area contributed by atoms with Gasteiger partial charge in [-0.05, 0) is 29.2 Å². The average Bonchev–Trinajstić information content (AvgIpc) is 2.65. The molecule has 0 radical (unpaired) electrons. The summed E-state index contributed by atoms with van der Waals surface area (Å²) in [6, 6.07) is 10.5. The van der Waals surface area contributed by atoms with E-state index in [1.807, 2.05) is 24.3 Å². The first-order valence-corrected chi connectivity index (χ1v) is 8.85. The monoisotopic (exact) mass is 382 g/mol. The largest absolute Gasteiger partial charge is 0.467 e. The molecule has 1 aliphatic heterocycles. The van der Waals surface area contributed by atoms with Gasteiger partial charge in [-0.2, -0.15) is 0 Å². The third-order valence-electron chi connectivity index (χ3n) is 4.37. The number of benzene rings is 2. The molecule has 2 aromatic rings. The van der Waals surface area contributed by atoms with Gasteiger partial charge in [0, 0.05) is 35.0 Å². The lowest BCUT2D eigenvalue weighted by Crippen LogP contribution is -2.13. The molecule has 0 bridgehead atoms. The van der Waals surface area contributed by atoms with Crippen LogP contribution in [0.5, 0.6) is 5.75 Å². The minimum Gasteiger partial charge on any atom is -0.467 e. The zero-order valence-corrected chi connectivity index (χ0v) is 16.0. The van der Waals surface area contributed by atoms with Crippen LogP contribution >= 0.6 is 0 Å². The van der Waals surface area contributed by atoms with E-state index in [1.54, 1.807) is 0 Å². The van der Waals surface area contributed by atoms with Gasteiger partial charge in [0.2, 0.25) is 5.91 Å². The Balaban J connectivity index is 1.77. The number of ether oxygens (including phenoxy) is 2. The van der Waals surface area contributed by atoms with Crippen LogP contribution < -0.4 is 10.1 Å². The number of nitrogens with one attached hydrogen (secondary N) is 1. The van der Waals surface area contributed by atoms with E-state index in [4.69, 9.17) is 9.47 Å². The van der Waals surface area contributed by atoms with Gasteiger partial charge in [-0.1, -0.05) is 32.9 Å². The summed E-state index contributed by atoms with van der Waals surface area (Å²) in [5.74, 6) is 0.159. The molecule has 146 valence electrons. The highest BCUT2D eigenvalue weighted by molar-refractivity contribution is 6.02. The van der Waals surface area contributed by atoms with E-state index in [0.717, 1.165) is 0 Å². The van der Waals surface area contributed by atoms with Gasteiger partial charge in [-0.25, -0.2) is 0 Å². The second-order valence-electron chi connectivity index (χ2n) is 7.54. The number of carbonyl (C=O) groups is 1. The summed E-state index contributed by atoms with van der Waals surface area (Å²) >= 11 is 0. The zero-order valence-electron chi connectivity index (χ0n) is 16.0. The highest BCUT2D eigenvalue weighted by Crippen LogP contribution is 2.33. The number of carbonyl (C=O) groups excluding carboxylic acids is 1. The molecule has 0 aliphatic carbocycles. The Bertz CT molecular complexity index is 927. The van der Waals surface area contributed by atoms with Gasteiger partial charge < -0.3 is 14.8 Å². The van der Waals surface area contributed by atoms with Crippen molar-refractivity contribution in [2.75, 3.05) is 12.1 Å². The standard InChI is InChI=1S/C21H22N2O5/c1-21(2,3)16-5-7-17(8-6-16)22-19(24)9-4-14-10-18(23(25)26)11-15-12-27-13-28-20(14)15/h4-11H,12-13H2,1-3H3,(H,22,24)/b9-4+. The Labute approximate surface area is 163 Å². The summed E-state index contributed by atoms with van der Waals surface area (Å²) < 4.78 is 10.6. The van der Waals surface area contributed by atoms with Crippen molar-refractivity contribution in [1.82, 2.24) is 0 Å². The van der Waals surface area contributed by atoms with Gasteiger partial charge in [-0.3, -0.25) is 14.9 Å². The minimum atomic E-state index is -0.483. The molecule has 0 spiro atoms. The van der Waals surface area contributed by atoms with Crippen molar-refractivity contribution in [3.05, 3.63) is 69.3 Å². The fourth-order valence-corrected chi connectivity index (χ4v) is 2.86. The summed E-state index contributed by atoms with van der Waals surface area (Å²) in [7, 11) is 0. The molecule has 7 nitrogen and oxygen atoms in total. The molecular weight excluding hydrogens is 360 g/mol. The molecule has 28 heavy (non-hydrogen) atoms. The Kier molecular flexibility index (Phi) is 5.46. The lowest BCUT2D eigenvalue weighted by Gasteiger charge is -2.19. The zero-order chi connectivity index (χ0) is 20.3. The Hall–Kier alpha value is -3.19. The van der Waals surface area contributed by atoms with Crippen molar-refractivity contribution in [1.29, 1.82) is 0 Å². The molecule has 0 atom stereocenters. The summed E-state index contributed by atoms with van der Waals surface area (Å²) in [6.45, 7) is 6.66. The van der Waals surface area contributed by atoms with Gasteiger partial charge in [0.1, 0.15) is 5.75 Å². The van der Waals surface area contributed by atoms with Crippen molar-refractivity contribution in [2.45, 2.75) is 32.8 Å². The van der Waals surface area contributed by atoms with Gasteiger partial charge in [0.25, 0.3) is 5.69 Å². The molecule has 0 fully saturated rings. The van der Waals surface area contributed by atoms with Crippen LogP contribution in [0.1, 0.15) is 37.5 Å². The van der Waals surface area contributed by atoms with Crippen molar-refractivity contribution < 1.29 is 19.2 Å². The van der Waals surface area contributed by atoms with E-state index in [1.165, 1.54) is 29.8 Å². The second-order valence-corrected chi connectivity index (χ2v) is 7.54. The lowest BCUT2D eigenvalue weighted by molar-refractivity contribution is -0.385. The summed E-state index contributed by atoms with van der Waals surface area (Å²) in [4.78, 5) is 22.9. The van der Waals surface area contributed by atoms with E-state index in [9.17, 15) is 14.9 Å². The number of fused-ring (bicyclic) bond motifs is 1. The van der Waals surface area contributed by atoms with Crippen LogP contribution in [0.15, 0.2) is 42.5 Å². The predicted octanol–water partition coefficient (Wildman–Crippen LogP) is 4.41. The van der Waals surface area contributed by atoms with E-state index in [-0.39, 0.29) is 30.4 Å². The topological polar surface area (TPSA) is 90.7 Å². The molecule has 1 aliphatic rings. The summed E-state index contributed by atoms with van der Waals surface area (Å²) in [5, 5.41) is 13.9. The van der Waals surface area contributed by atoms with E-state index >= 15 is 0 Å². The van der Waals surface area contributed by atoms with Crippen LogP contribution in [-0.2, 0) is 21.6 Å². The number of hydrogen-bond acceptors (Lipinski definition) is 5. The number of amides is 1. The summed E-state index contributed by atoms with van der Waals surface area (Å²) in [5.41, 5.74) is 2.85. The third-order valence-corrected chi connectivity index (χ3v) is 4.37. The maximum Gasteiger partial charge on any atom is 0.270 e. The fourth-order valence-electron chi connectivity index (χ4n) is 2.86. The number of hydrogen-bond donors (Lipinski definition) is 1. The van der Waals surface area contributed by atoms with Crippen LogP contribution in [0.4, 0.5) is 11.4 Å². The number of rotatable bonds is 4. The highest BCUT2D eigenvalue weighted by Gasteiger charge is 2.20. The molecule has 0 saturated heterocycles. The fraction of sp³-hybridized carbons (Fsp3) is 0.286. The number of nitro benzene ring substituents is 1. The third kappa shape index (κ3) is 4.55. The van der Waals surface area contributed by atoms with Crippen LogP contribution in [0.3, 0.4) is 0 Å². The number of anilines is 1. The smallest absolute Gasteiger partial charge is 0.270 e. The van der Waals surface area contributed by atoms with Crippen molar-refractivity contribution in [3.63, 3.8) is 0 Å².